The molecule has 0 radical (unpaired) electrons. The van der Waals surface area contributed by atoms with Gasteiger partial charge in [-0.05, 0) is 65.3 Å². The van der Waals surface area contributed by atoms with Crippen molar-refractivity contribution in [1.82, 2.24) is 4.98 Å². The Labute approximate surface area is 213 Å². The summed E-state index contributed by atoms with van der Waals surface area (Å²) in [6.45, 7) is 2.50. The standard InChI is InChI=1S/C33H33N3/c1-33(21-22-10-4-5-11-22)29(35(2)27-18-16-23-12-6-8-14-25(23)31(27)33)20-30-34-32-26-15-9-7-13-24(26)17-19-28(32)36(30)3/h6-9,12-20,22H,4-5,10-11,21H2,1-3H3/p+1. The topological polar surface area (TPSA) is 22.9 Å². The molecule has 1 aliphatic heterocycles. The number of hydrogen-bond donors (Lipinski definition) is 1. The van der Waals surface area contributed by atoms with Crippen molar-refractivity contribution in [3.8, 4) is 0 Å². The third-order valence-electron chi connectivity index (χ3n) is 9.07. The Hall–Kier alpha value is -3.59. The average molecular weight is 473 g/mol. The van der Waals surface area contributed by atoms with E-state index >= 15 is 0 Å². The molecule has 180 valence electrons. The van der Waals surface area contributed by atoms with Crippen molar-refractivity contribution in [2.75, 3.05) is 11.9 Å². The van der Waals surface area contributed by atoms with Gasteiger partial charge in [-0.3, -0.25) is 0 Å². The van der Waals surface area contributed by atoms with E-state index < -0.39 is 0 Å². The summed E-state index contributed by atoms with van der Waals surface area (Å²) in [6, 6.07) is 26.7. The summed E-state index contributed by atoms with van der Waals surface area (Å²) in [5.41, 5.74) is 6.67. The van der Waals surface area contributed by atoms with Crippen molar-refractivity contribution in [3.05, 3.63) is 89.9 Å². The summed E-state index contributed by atoms with van der Waals surface area (Å²) in [5.74, 6) is 1.94. The quantitative estimate of drug-likeness (QED) is 0.268. The number of hydrogen-bond acceptors (Lipinski definition) is 1. The molecule has 4 aromatic carbocycles. The van der Waals surface area contributed by atoms with Crippen LogP contribution in [0.2, 0.25) is 0 Å². The number of rotatable bonds is 3. The Morgan fingerprint density at radius 3 is 2.36 bits per heavy atom. The maximum absolute atomic E-state index is 3.81. The van der Waals surface area contributed by atoms with Gasteiger partial charge in [0.15, 0.2) is 11.0 Å². The molecule has 1 N–H and O–H groups in total. The number of aromatic nitrogens is 2. The van der Waals surface area contributed by atoms with Crippen LogP contribution in [-0.2, 0) is 12.5 Å². The molecule has 1 saturated carbocycles. The van der Waals surface area contributed by atoms with Gasteiger partial charge < -0.3 is 4.90 Å². The van der Waals surface area contributed by atoms with E-state index in [1.54, 1.807) is 0 Å². The third kappa shape index (κ3) is 3.08. The zero-order valence-electron chi connectivity index (χ0n) is 21.5. The Morgan fingerprint density at radius 2 is 1.58 bits per heavy atom. The van der Waals surface area contributed by atoms with E-state index in [1.807, 2.05) is 0 Å². The third-order valence-corrected chi connectivity index (χ3v) is 9.07. The smallest absolute Gasteiger partial charge is 0.281 e. The van der Waals surface area contributed by atoms with Crippen LogP contribution in [0.1, 0.15) is 50.4 Å². The molecule has 1 fully saturated rings. The zero-order valence-corrected chi connectivity index (χ0v) is 21.5. The van der Waals surface area contributed by atoms with Gasteiger partial charge in [0, 0.05) is 35.3 Å². The molecule has 36 heavy (non-hydrogen) atoms. The summed E-state index contributed by atoms with van der Waals surface area (Å²) < 4.78 is 2.32. The second kappa shape index (κ2) is 7.96. The Balaban J connectivity index is 1.46. The molecular formula is C33H34N3+. The van der Waals surface area contributed by atoms with Crippen molar-refractivity contribution >= 4 is 44.3 Å². The van der Waals surface area contributed by atoms with Gasteiger partial charge in [0.2, 0.25) is 0 Å². The summed E-state index contributed by atoms with van der Waals surface area (Å²) in [7, 11) is 4.45. The molecule has 0 spiro atoms. The van der Waals surface area contributed by atoms with Gasteiger partial charge in [-0.2, -0.15) is 0 Å². The van der Waals surface area contributed by atoms with Crippen molar-refractivity contribution in [2.24, 2.45) is 13.0 Å². The van der Waals surface area contributed by atoms with Crippen LogP contribution in [0.3, 0.4) is 0 Å². The van der Waals surface area contributed by atoms with Crippen LogP contribution < -0.4 is 9.47 Å². The first-order chi connectivity index (χ1) is 17.5. The average Bonchev–Trinajstić information content (AvgIpc) is 3.58. The Bertz CT molecular complexity index is 1670. The number of nitrogens with zero attached hydrogens (tertiary/aromatic N) is 2. The second-order valence-electron chi connectivity index (χ2n) is 11.2. The summed E-state index contributed by atoms with van der Waals surface area (Å²) in [6.07, 6.45) is 9.11. The van der Waals surface area contributed by atoms with Crippen LogP contribution in [0.5, 0.6) is 0 Å². The summed E-state index contributed by atoms with van der Waals surface area (Å²) in [5, 5.41) is 5.29. The second-order valence-corrected chi connectivity index (χ2v) is 11.2. The largest absolute Gasteiger partial charge is 0.347 e. The number of allylic oxidation sites excluding steroid dienone is 1. The van der Waals surface area contributed by atoms with Crippen LogP contribution in [0, 0.1) is 5.92 Å². The van der Waals surface area contributed by atoms with Crippen molar-refractivity contribution < 1.29 is 4.57 Å². The minimum absolute atomic E-state index is 0.0354. The molecule has 1 unspecified atom stereocenters. The molecule has 0 amide bonds. The highest BCUT2D eigenvalue weighted by molar-refractivity contribution is 6.03. The van der Waals surface area contributed by atoms with Crippen LogP contribution in [0.4, 0.5) is 5.69 Å². The molecule has 0 bridgehead atoms. The SMILES string of the molecule is CN1C(=Cc2[nH]c3c4ccccc4ccc3[n+]2C)C(C)(CC2CCCC2)c2c1ccc1ccccc21. The zero-order chi connectivity index (χ0) is 24.4. The highest BCUT2D eigenvalue weighted by atomic mass is 15.2. The lowest BCUT2D eigenvalue weighted by molar-refractivity contribution is -0.646. The lowest BCUT2D eigenvalue weighted by atomic mass is 9.72. The molecule has 5 aromatic rings. The highest BCUT2D eigenvalue weighted by Crippen LogP contribution is 2.54. The maximum atomic E-state index is 3.81. The van der Waals surface area contributed by atoms with Crippen LogP contribution in [-0.4, -0.2) is 12.0 Å². The number of likely N-dealkylation sites (N-methyl/N-ethyl adjacent to an activating group) is 1. The summed E-state index contributed by atoms with van der Waals surface area (Å²) >= 11 is 0. The molecule has 2 heterocycles. The molecule has 7 rings (SSSR count). The maximum Gasteiger partial charge on any atom is 0.281 e. The van der Waals surface area contributed by atoms with Crippen molar-refractivity contribution in [3.63, 3.8) is 0 Å². The van der Waals surface area contributed by atoms with E-state index in [4.69, 9.17) is 0 Å². The van der Waals surface area contributed by atoms with Crippen LogP contribution in [0.25, 0.3) is 38.7 Å². The van der Waals surface area contributed by atoms with Gasteiger partial charge in [0.1, 0.15) is 0 Å². The molecule has 1 aromatic heterocycles. The number of H-pyrrole nitrogens is 1. The first-order valence-electron chi connectivity index (χ1n) is 13.4. The van der Waals surface area contributed by atoms with E-state index in [1.165, 1.54) is 81.6 Å². The van der Waals surface area contributed by atoms with Gasteiger partial charge in [-0.25, -0.2) is 9.55 Å². The van der Waals surface area contributed by atoms with Crippen LogP contribution in [0.15, 0.2) is 78.5 Å². The first kappa shape index (κ1) is 21.7. The van der Waals surface area contributed by atoms with E-state index in [2.05, 4.69) is 114 Å². The molecule has 1 atom stereocenters. The highest BCUT2D eigenvalue weighted by Gasteiger charge is 2.45. The number of benzene rings is 4. The molecule has 3 nitrogen and oxygen atoms in total. The number of nitrogens with one attached hydrogen (secondary N) is 1. The molecule has 0 saturated heterocycles. The monoisotopic (exact) mass is 472 g/mol. The van der Waals surface area contributed by atoms with Gasteiger partial charge in [0.05, 0.1) is 7.05 Å². The van der Waals surface area contributed by atoms with E-state index in [0.717, 1.165) is 11.7 Å². The number of anilines is 1. The van der Waals surface area contributed by atoms with Crippen LogP contribution >= 0.6 is 0 Å². The fourth-order valence-corrected chi connectivity index (χ4v) is 7.28. The molecule has 2 aliphatic rings. The van der Waals surface area contributed by atoms with E-state index in [9.17, 15) is 0 Å². The Kier molecular flexibility index (Phi) is 4.79. The summed E-state index contributed by atoms with van der Waals surface area (Å²) in [4.78, 5) is 6.27. The van der Waals surface area contributed by atoms with Gasteiger partial charge in [-0.1, -0.05) is 74.2 Å². The number of imidazole rings is 1. The minimum Gasteiger partial charge on any atom is -0.347 e. The van der Waals surface area contributed by atoms with Gasteiger partial charge in [0.25, 0.3) is 5.82 Å². The number of aromatic amines is 1. The normalized spacial score (nSPS) is 21.4. The fourth-order valence-electron chi connectivity index (χ4n) is 7.28. The number of aryl methyl sites for hydroxylation is 1. The van der Waals surface area contributed by atoms with E-state index in [0.29, 0.717) is 0 Å². The molecule has 3 heteroatoms. The lowest BCUT2D eigenvalue weighted by Crippen LogP contribution is -2.33. The van der Waals surface area contributed by atoms with Gasteiger partial charge in [-0.15, -0.1) is 0 Å². The number of fused-ring (bicyclic) bond motifs is 6. The molecular weight excluding hydrogens is 438 g/mol. The predicted molar refractivity (Wildman–Crippen MR) is 151 cm³/mol. The van der Waals surface area contributed by atoms with Crippen molar-refractivity contribution in [1.29, 1.82) is 0 Å². The Morgan fingerprint density at radius 1 is 0.917 bits per heavy atom. The first-order valence-corrected chi connectivity index (χ1v) is 13.4. The molecule has 1 aliphatic carbocycles. The van der Waals surface area contributed by atoms with Crippen molar-refractivity contribution in [2.45, 2.75) is 44.4 Å². The fraction of sp³-hybridized carbons (Fsp3) is 0.303. The lowest BCUT2D eigenvalue weighted by Gasteiger charge is -2.31. The minimum atomic E-state index is -0.0354. The van der Waals surface area contributed by atoms with E-state index in [-0.39, 0.29) is 5.41 Å². The predicted octanol–water partition coefficient (Wildman–Crippen LogP) is 7.63. The van der Waals surface area contributed by atoms with Gasteiger partial charge >= 0.3 is 0 Å².